The van der Waals surface area contributed by atoms with Crippen LogP contribution in [-0.4, -0.2) is 26.0 Å². The molecule has 94 valence electrons. The standard InChI is InChI=1S/C10H13NO4S2/c12-9(13)5-8-3-4-10(16-8)17(14,15)11-6-7-1-2-7/h3-4,7,11H,1-2,5-6H2,(H,12,13). The van der Waals surface area contributed by atoms with Gasteiger partial charge in [-0.15, -0.1) is 11.3 Å². The Kier molecular flexibility index (Phi) is 3.50. The SMILES string of the molecule is O=C(O)Cc1ccc(S(=O)(=O)NCC2CC2)s1. The van der Waals surface area contributed by atoms with E-state index < -0.39 is 16.0 Å². The Bertz CT molecular complexity index is 516. The Labute approximate surface area is 104 Å². The highest BCUT2D eigenvalue weighted by atomic mass is 32.2. The van der Waals surface area contributed by atoms with Crippen LogP contribution in [0.3, 0.4) is 0 Å². The van der Waals surface area contributed by atoms with Crippen LogP contribution in [0.25, 0.3) is 0 Å². The third-order valence-electron chi connectivity index (χ3n) is 2.49. The second-order valence-corrected chi connectivity index (χ2v) is 7.25. The molecule has 17 heavy (non-hydrogen) atoms. The van der Waals surface area contributed by atoms with Crippen LogP contribution >= 0.6 is 11.3 Å². The summed E-state index contributed by atoms with van der Waals surface area (Å²) in [6.45, 7) is 0.481. The Balaban J connectivity index is 2.03. The molecule has 1 aliphatic carbocycles. The van der Waals surface area contributed by atoms with Crippen molar-refractivity contribution in [2.75, 3.05) is 6.54 Å². The van der Waals surface area contributed by atoms with Gasteiger partial charge in [-0.25, -0.2) is 13.1 Å². The van der Waals surface area contributed by atoms with Crippen molar-refractivity contribution in [3.05, 3.63) is 17.0 Å². The van der Waals surface area contributed by atoms with Gasteiger partial charge in [0.25, 0.3) is 0 Å². The van der Waals surface area contributed by atoms with Gasteiger partial charge in [-0.2, -0.15) is 0 Å². The molecule has 2 N–H and O–H groups in total. The summed E-state index contributed by atoms with van der Waals surface area (Å²) < 4.78 is 26.4. The molecule has 1 fully saturated rings. The molecule has 0 amide bonds. The maximum Gasteiger partial charge on any atom is 0.308 e. The number of rotatable bonds is 6. The highest BCUT2D eigenvalue weighted by Crippen LogP contribution is 2.29. The quantitative estimate of drug-likeness (QED) is 0.813. The Morgan fingerprint density at radius 1 is 1.47 bits per heavy atom. The minimum Gasteiger partial charge on any atom is -0.481 e. The lowest BCUT2D eigenvalue weighted by molar-refractivity contribution is -0.136. The van der Waals surface area contributed by atoms with Crippen molar-refractivity contribution < 1.29 is 18.3 Å². The topological polar surface area (TPSA) is 83.5 Å². The first kappa shape index (κ1) is 12.5. The predicted octanol–water partition coefficient (Wildman–Crippen LogP) is 1.06. The van der Waals surface area contributed by atoms with E-state index in [1.807, 2.05) is 0 Å². The maximum atomic E-state index is 11.8. The summed E-state index contributed by atoms with van der Waals surface area (Å²) in [6, 6.07) is 3.00. The summed E-state index contributed by atoms with van der Waals surface area (Å²) in [4.78, 5) is 11.0. The summed E-state index contributed by atoms with van der Waals surface area (Å²) >= 11 is 1.01. The predicted molar refractivity (Wildman–Crippen MR) is 63.6 cm³/mol. The van der Waals surface area contributed by atoms with Gasteiger partial charge in [0.05, 0.1) is 6.42 Å². The van der Waals surface area contributed by atoms with E-state index in [2.05, 4.69) is 4.72 Å². The fraction of sp³-hybridized carbons (Fsp3) is 0.500. The average Bonchev–Trinajstić information content (AvgIpc) is 2.94. The second kappa shape index (κ2) is 4.75. The number of sulfonamides is 1. The molecule has 0 atom stereocenters. The third-order valence-corrected chi connectivity index (χ3v) is 5.49. The van der Waals surface area contributed by atoms with Crippen LogP contribution in [0.2, 0.25) is 0 Å². The molecule has 5 nitrogen and oxygen atoms in total. The highest BCUT2D eigenvalue weighted by Gasteiger charge is 2.25. The molecule has 1 aromatic rings. The van der Waals surface area contributed by atoms with Gasteiger partial charge in [0.15, 0.2) is 0 Å². The number of carboxylic acid groups (broad SMARTS) is 1. The van der Waals surface area contributed by atoms with Crippen LogP contribution in [-0.2, 0) is 21.2 Å². The van der Waals surface area contributed by atoms with Crippen molar-refractivity contribution in [3.8, 4) is 0 Å². The molecule has 0 bridgehead atoms. The fourth-order valence-electron chi connectivity index (χ4n) is 1.37. The van der Waals surface area contributed by atoms with Gasteiger partial charge < -0.3 is 5.11 Å². The molecular weight excluding hydrogens is 262 g/mol. The normalized spacial score (nSPS) is 16.0. The van der Waals surface area contributed by atoms with E-state index in [0.717, 1.165) is 24.2 Å². The van der Waals surface area contributed by atoms with Gasteiger partial charge in [0, 0.05) is 11.4 Å². The Hall–Kier alpha value is -0.920. The van der Waals surface area contributed by atoms with Gasteiger partial charge >= 0.3 is 5.97 Å². The van der Waals surface area contributed by atoms with E-state index in [0.29, 0.717) is 17.3 Å². The minimum absolute atomic E-state index is 0.136. The number of thiophene rings is 1. The smallest absolute Gasteiger partial charge is 0.308 e. The molecule has 2 rings (SSSR count). The summed E-state index contributed by atoms with van der Waals surface area (Å²) in [5, 5.41) is 8.60. The Morgan fingerprint density at radius 3 is 2.76 bits per heavy atom. The molecule has 0 saturated heterocycles. The van der Waals surface area contributed by atoms with Crippen LogP contribution < -0.4 is 4.72 Å². The maximum absolute atomic E-state index is 11.8. The second-order valence-electron chi connectivity index (χ2n) is 4.09. The molecule has 1 saturated carbocycles. The lowest BCUT2D eigenvalue weighted by atomic mass is 10.3. The van der Waals surface area contributed by atoms with Gasteiger partial charge in [-0.3, -0.25) is 4.79 Å². The van der Waals surface area contributed by atoms with Crippen molar-refractivity contribution in [3.63, 3.8) is 0 Å². The van der Waals surface area contributed by atoms with E-state index in [4.69, 9.17) is 5.11 Å². The first-order chi connectivity index (χ1) is 7.97. The van der Waals surface area contributed by atoms with Gasteiger partial charge in [-0.05, 0) is 30.9 Å². The largest absolute Gasteiger partial charge is 0.481 e. The number of nitrogens with one attached hydrogen (secondary N) is 1. The van der Waals surface area contributed by atoms with Gasteiger partial charge in [0.1, 0.15) is 4.21 Å². The molecule has 1 aromatic heterocycles. The molecule has 0 radical (unpaired) electrons. The van der Waals surface area contributed by atoms with E-state index in [1.54, 1.807) is 6.07 Å². The zero-order valence-corrected chi connectivity index (χ0v) is 10.7. The zero-order valence-electron chi connectivity index (χ0n) is 9.05. The lowest BCUT2D eigenvalue weighted by Crippen LogP contribution is -2.25. The average molecular weight is 275 g/mol. The molecule has 7 heteroatoms. The van der Waals surface area contributed by atoms with E-state index in [9.17, 15) is 13.2 Å². The molecule has 1 heterocycles. The van der Waals surface area contributed by atoms with Crippen LogP contribution in [0.1, 0.15) is 17.7 Å². The third kappa shape index (κ3) is 3.52. The first-order valence-electron chi connectivity index (χ1n) is 5.27. The van der Waals surface area contributed by atoms with Crippen LogP contribution in [0.15, 0.2) is 16.3 Å². The zero-order chi connectivity index (χ0) is 12.5. The van der Waals surface area contributed by atoms with Crippen molar-refractivity contribution in [2.24, 2.45) is 5.92 Å². The lowest BCUT2D eigenvalue weighted by Gasteiger charge is -2.02. The number of aliphatic carboxylic acids is 1. The summed E-state index contributed by atoms with van der Waals surface area (Å²) in [7, 11) is -3.45. The number of carbonyl (C=O) groups is 1. The highest BCUT2D eigenvalue weighted by molar-refractivity contribution is 7.91. The molecule has 0 aliphatic heterocycles. The van der Waals surface area contributed by atoms with E-state index in [1.165, 1.54) is 6.07 Å². The molecule has 0 spiro atoms. The number of carboxylic acids is 1. The summed E-state index contributed by atoms with van der Waals surface area (Å²) in [6.07, 6.45) is 2.03. The number of hydrogen-bond acceptors (Lipinski definition) is 4. The first-order valence-corrected chi connectivity index (χ1v) is 7.57. The molecule has 0 unspecified atom stereocenters. The summed E-state index contributed by atoms with van der Waals surface area (Å²) in [5.74, 6) is -0.482. The van der Waals surface area contributed by atoms with Crippen molar-refractivity contribution >= 4 is 27.3 Å². The minimum atomic E-state index is -3.45. The van der Waals surface area contributed by atoms with E-state index >= 15 is 0 Å². The molecule has 1 aliphatic rings. The monoisotopic (exact) mass is 275 g/mol. The van der Waals surface area contributed by atoms with Gasteiger partial charge in [0.2, 0.25) is 10.0 Å². The number of hydrogen-bond donors (Lipinski definition) is 2. The van der Waals surface area contributed by atoms with Crippen LogP contribution in [0, 0.1) is 5.92 Å². The fourth-order valence-corrected chi connectivity index (χ4v) is 3.87. The van der Waals surface area contributed by atoms with Crippen molar-refractivity contribution in [2.45, 2.75) is 23.5 Å². The van der Waals surface area contributed by atoms with Crippen molar-refractivity contribution in [1.29, 1.82) is 0 Å². The Morgan fingerprint density at radius 2 is 2.18 bits per heavy atom. The van der Waals surface area contributed by atoms with E-state index in [-0.39, 0.29) is 10.6 Å². The molecular formula is C10H13NO4S2. The molecule has 0 aromatic carbocycles. The van der Waals surface area contributed by atoms with Crippen LogP contribution in [0.4, 0.5) is 0 Å². The van der Waals surface area contributed by atoms with Crippen LogP contribution in [0.5, 0.6) is 0 Å². The summed E-state index contributed by atoms with van der Waals surface area (Å²) in [5.41, 5.74) is 0. The van der Waals surface area contributed by atoms with Crippen molar-refractivity contribution in [1.82, 2.24) is 4.72 Å². The van der Waals surface area contributed by atoms with Gasteiger partial charge in [-0.1, -0.05) is 0 Å².